The van der Waals surface area contributed by atoms with E-state index in [2.05, 4.69) is 178 Å². The molecule has 1 aliphatic heterocycles. The second-order valence-electron chi connectivity index (χ2n) is 13.0. The Hall–Kier alpha value is -5.88. The number of nitrogens with one attached hydrogen (secondary N) is 2. The molecule has 1 aliphatic carbocycles. The van der Waals surface area contributed by atoms with Crippen molar-refractivity contribution in [1.29, 1.82) is 0 Å². The predicted octanol–water partition coefficient (Wildman–Crippen LogP) is 10.8. The summed E-state index contributed by atoms with van der Waals surface area (Å²) in [5, 5.41) is 15.8. The third-order valence-corrected chi connectivity index (χ3v) is 11.5. The molecule has 0 fully saturated rings. The third-order valence-electron chi connectivity index (χ3n) is 10.4. The van der Waals surface area contributed by atoms with Crippen LogP contribution in [0.15, 0.2) is 163 Å². The number of fused-ring (bicyclic) bond motifs is 13. The van der Waals surface area contributed by atoms with Crippen LogP contribution in [0.4, 0.5) is 0 Å². The summed E-state index contributed by atoms with van der Waals surface area (Å²) < 4.78 is 7.64. The smallest absolute Gasteiger partial charge is 0.160 e. The molecule has 0 bridgehead atoms. The molecule has 9 aromatic rings. The summed E-state index contributed by atoms with van der Waals surface area (Å²) in [5.74, 6) is 0. The molecule has 2 unspecified atom stereocenters. The Morgan fingerprint density at radius 3 is 2.04 bits per heavy atom. The fraction of sp³-hybridized carbons (Fsp3) is 0.0455. The van der Waals surface area contributed by atoms with Gasteiger partial charge in [0.1, 0.15) is 0 Å². The van der Waals surface area contributed by atoms with Gasteiger partial charge in [-0.2, -0.15) is 0 Å². The molecule has 0 spiro atoms. The van der Waals surface area contributed by atoms with Gasteiger partial charge in [0.2, 0.25) is 0 Å². The Bertz CT molecular complexity index is 2880. The third kappa shape index (κ3) is 3.77. The van der Waals surface area contributed by atoms with Gasteiger partial charge in [-0.25, -0.2) is 0 Å². The number of aromatic nitrogens is 2. The van der Waals surface area contributed by atoms with E-state index in [1.165, 1.54) is 80.6 Å². The molecule has 5 heteroatoms. The van der Waals surface area contributed by atoms with E-state index in [-0.39, 0.29) is 12.3 Å². The second kappa shape index (κ2) is 10.3. The molecule has 4 nitrogen and oxygen atoms in total. The van der Waals surface area contributed by atoms with Crippen molar-refractivity contribution in [2.24, 2.45) is 0 Å². The van der Waals surface area contributed by atoms with E-state index in [0.29, 0.717) is 0 Å². The quantitative estimate of drug-likeness (QED) is 0.200. The molecular weight excluding hydrogens is 617 g/mol. The molecule has 2 atom stereocenters. The standard InChI is InChI=1S/C44H30N4S/c1-3-15-27(16-4-1)40-29-19-7-11-23-33(29)45-44(46-40)48-35-25-13-9-21-31(35)38-37-30-20-8-12-24-34(30)47(28-17-5-2-6-18-28)41(37)39-32-22-10-14-26-36(32)49-43(39)42(38)48/h1-26,33,44-46H. The molecule has 0 amide bonds. The summed E-state index contributed by atoms with van der Waals surface area (Å²) in [4.78, 5) is 0. The molecule has 0 radical (unpaired) electrons. The van der Waals surface area contributed by atoms with E-state index < -0.39 is 0 Å². The minimum atomic E-state index is -0.198. The minimum absolute atomic E-state index is 0.0734. The van der Waals surface area contributed by atoms with Crippen molar-refractivity contribution in [3.05, 3.63) is 169 Å². The highest BCUT2D eigenvalue weighted by atomic mass is 32.1. The van der Waals surface area contributed by atoms with Gasteiger partial charge in [-0.3, -0.25) is 5.32 Å². The summed E-state index contributed by atoms with van der Waals surface area (Å²) in [7, 11) is 0. The monoisotopic (exact) mass is 646 g/mol. The van der Waals surface area contributed by atoms with Gasteiger partial charge in [0.15, 0.2) is 6.29 Å². The molecule has 11 rings (SSSR count). The van der Waals surface area contributed by atoms with Crippen LogP contribution in [-0.2, 0) is 0 Å². The van der Waals surface area contributed by atoms with Crippen molar-refractivity contribution >= 4 is 80.8 Å². The van der Waals surface area contributed by atoms with Crippen molar-refractivity contribution in [2.45, 2.75) is 12.3 Å². The highest BCUT2D eigenvalue weighted by Crippen LogP contribution is 2.51. The molecule has 49 heavy (non-hydrogen) atoms. The Labute approximate surface area is 286 Å². The highest BCUT2D eigenvalue weighted by Gasteiger charge is 2.32. The van der Waals surface area contributed by atoms with Gasteiger partial charge >= 0.3 is 0 Å². The molecule has 3 aromatic heterocycles. The van der Waals surface area contributed by atoms with Crippen LogP contribution in [0.2, 0.25) is 0 Å². The van der Waals surface area contributed by atoms with Crippen LogP contribution in [0, 0.1) is 0 Å². The van der Waals surface area contributed by atoms with Crippen LogP contribution in [0.25, 0.3) is 75.2 Å². The highest BCUT2D eigenvalue weighted by molar-refractivity contribution is 7.27. The van der Waals surface area contributed by atoms with Crippen LogP contribution in [0.3, 0.4) is 0 Å². The van der Waals surface area contributed by atoms with Crippen LogP contribution >= 0.6 is 11.3 Å². The lowest BCUT2D eigenvalue weighted by molar-refractivity contribution is 0.363. The van der Waals surface area contributed by atoms with Gasteiger partial charge in [0.05, 0.1) is 32.8 Å². The summed E-state index contributed by atoms with van der Waals surface area (Å²) in [6.07, 6.45) is 8.61. The molecular formula is C44H30N4S. The van der Waals surface area contributed by atoms with Crippen LogP contribution in [0.5, 0.6) is 0 Å². The van der Waals surface area contributed by atoms with E-state index in [4.69, 9.17) is 0 Å². The summed E-state index contributed by atoms with van der Waals surface area (Å²) in [5.41, 5.74) is 9.74. The lowest BCUT2D eigenvalue weighted by Crippen LogP contribution is -2.48. The summed E-state index contributed by atoms with van der Waals surface area (Å²) in [6, 6.07) is 48.5. The molecule has 0 saturated heterocycles. The second-order valence-corrected chi connectivity index (χ2v) is 14.0. The molecule has 232 valence electrons. The number of hydrogen-bond acceptors (Lipinski definition) is 3. The number of benzene rings is 6. The van der Waals surface area contributed by atoms with Gasteiger partial charge in [-0.15, -0.1) is 11.3 Å². The average Bonchev–Trinajstić information content (AvgIpc) is 3.83. The minimum Gasteiger partial charge on any atom is -0.352 e. The first-order valence-corrected chi connectivity index (χ1v) is 17.7. The van der Waals surface area contributed by atoms with Crippen LogP contribution in [-0.4, -0.2) is 15.2 Å². The van der Waals surface area contributed by atoms with E-state index in [0.717, 1.165) is 5.70 Å². The van der Waals surface area contributed by atoms with Gasteiger partial charge < -0.3 is 14.5 Å². The van der Waals surface area contributed by atoms with Crippen molar-refractivity contribution in [3.63, 3.8) is 0 Å². The van der Waals surface area contributed by atoms with E-state index in [1.807, 2.05) is 11.3 Å². The largest absolute Gasteiger partial charge is 0.352 e. The maximum atomic E-state index is 4.02. The number of nitrogens with zero attached hydrogens (tertiary/aromatic N) is 2. The van der Waals surface area contributed by atoms with Gasteiger partial charge in [0.25, 0.3) is 0 Å². The molecule has 6 aromatic carbocycles. The van der Waals surface area contributed by atoms with Gasteiger partial charge in [-0.1, -0.05) is 127 Å². The average molecular weight is 647 g/mol. The lowest BCUT2D eigenvalue weighted by atomic mass is 9.94. The normalized spacial score (nSPS) is 17.6. The number of hydrogen-bond donors (Lipinski definition) is 2. The fourth-order valence-electron chi connectivity index (χ4n) is 8.38. The Morgan fingerprint density at radius 2 is 1.22 bits per heavy atom. The van der Waals surface area contributed by atoms with Crippen molar-refractivity contribution in [3.8, 4) is 5.69 Å². The number of thiophene rings is 1. The van der Waals surface area contributed by atoms with Crippen molar-refractivity contribution in [1.82, 2.24) is 19.8 Å². The Kier molecular flexibility index (Phi) is 5.70. The predicted molar refractivity (Wildman–Crippen MR) is 207 cm³/mol. The molecule has 0 saturated carbocycles. The lowest BCUT2D eigenvalue weighted by Gasteiger charge is -2.37. The molecule has 4 heterocycles. The van der Waals surface area contributed by atoms with Crippen molar-refractivity contribution in [2.75, 3.05) is 0 Å². The zero-order chi connectivity index (χ0) is 32.1. The van der Waals surface area contributed by atoms with Crippen molar-refractivity contribution < 1.29 is 0 Å². The van der Waals surface area contributed by atoms with Crippen LogP contribution < -0.4 is 10.6 Å². The Balaban J connectivity index is 1.34. The first kappa shape index (κ1) is 27.1. The maximum absolute atomic E-state index is 4.02. The number of allylic oxidation sites excluding steroid dienone is 2. The maximum Gasteiger partial charge on any atom is 0.160 e. The number of para-hydroxylation sites is 3. The zero-order valence-electron chi connectivity index (χ0n) is 26.5. The van der Waals surface area contributed by atoms with Gasteiger partial charge in [0, 0.05) is 48.4 Å². The van der Waals surface area contributed by atoms with Gasteiger partial charge in [-0.05, 0) is 41.5 Å². The molecule has 2 aliphatic rings. The topological polar surface area (TPSA) is 33.9 Å². The van der Waals surface area contributed by atoms with Crippen LogP contribution in [0.1, 0.15) is 11.9 Å². The number of rotatable bonds is 3. The van der Waals surface area contributed by atoms with E-state index in [9.17, 15) is 0 Å². The zero-order valence-corrected chi connectivity index (χ0v) is 27.3. The Morgan fingerprint density at radius 1 is 0.571 bits per heavy atom. The summed E-state index contributed by atoms with van der Waals surface area (Å²) >= 11 is 1.91. The summed E-state index contributed by atoms with van der Waals surface area (Å²) in [6.45, 7) is 0. The SMILES string of the molecule is C1=CC2=C(c3ccccc3)NC(n3c4ccccc4c4c5c6ccccc6n(-c6ccccc6)c5c5c6ccccc6sc5c43)NC2C=C1. The fourth-order valence-corrected chi connectivity index (χ4v) is 9.63. The first-order chi connectivity index (χ1) is 24.3. The van der Waals surface area contributed by atoms with E-state index in [1.54, 1.807) is 0 Å². The molecule has 2 N–H and O–H groups in total. The van der Waals surface area contributed by atoms with E-state index >= 15 is 0 Å². The first-order valence-electron chi connectivity index (χ1n) is 16.9.